The first kappa shape index (κ1) is 16.1. The van der Waals surface area contributed by atoms with Gasteiger partial charge >= 0.3 is 0 Å². The fraction of sp³-hybridized carbons (Fsp3) is 0.312. The van der Waals surface area contributed by atoms with E-state index in [0.717, 1.165) is 24.0 Å². The molecule has 3 nitrogen and oxygen atoms in total. The molecule has 0 bridgehead atoms. The predicted octanol–water partition coefficient (Wildman–Crippen LogP) is 3.77. The Morgan fingerprint density at radius 1 is 1.14 bits per heavy atom. The number of ether oxygens (including phenoxy) is 1. The van der Waals surface area contributed by atoms with Crippen LogP contribution < -0.4 is 10.1 Å². The highest BCUT2D eigenvalue weighted by molar-refractivity contribution is 6.36. The van der Waals surface area contributed by atoms with E-state index in [1.165, 1.54) is 0 Å². The molecule has 1 aromatic heterocycles. The van der Waals surface area contributed by atoms with Gasteiger partial charge in [0.05, 0.1) is 7.11 Å². The van der Waals surface area contributed by atoms with E-state index < -0.39 is 0 Å². The third-order valence-corrected chi connectivity index (χ3v) is 4.12. The third-order valence-electron chi connectivity index (χ3n) is 3.41. The SMILES string of the molecule is CNC(Cc1ccc(OC)nc1)Cc1c(Cl)cccc1Cl. The van der Waals surface area contributed by atoms with Crippen molar-refractivity contribution in [3.63, 3.8) is 0 Å². The van der Waals surface area contributed by atoms with Gasteiger partial charge in [0.25, 0.3) is 0 Å². The highest BCUT2D eigenvalue weighted by Crippen LogP contribution is 2.26. The molecule has 112 valence electrons. The smallest absolute Gasteiger partial charge is 0.212 e. The van der Waals surface area contributed by atoms with Crippen molar-refractivity contribution in [1.29, 1.82) is 0 Å². The minimum Gasteiger partial charge on any atom is -0.481 e. The van der Waals surface area contributed by atoms with E-state index in [-0.39, 0.29) is 6.04 Å². The molecular weight excluding hydrogens is 307 g/mol. The van der Waals surface area contributed by atoms with Gasteiger partial charge in [-0.05, 0) is 43.1 Å². The van der Waals surface area contributed by atoms with Crippen LogP contribution in [-0.2, 0) is 12.8 Å². The van der Waals surface area contributed by atoms with E-state index in [1.807, 2.05) is 43.6 Å². The number of benzene rings is 1. The molecule has 1 aromatic carbocycles. The van der Waals surface area contributed by atoms with Crippen LogP contribution in [0.1, 0.15) is 11.1 Å². The molecule has 0 spiro atoms. The maximum absolute atomic E-state index is 6.23. The van der Waals surface area contributed by atoms with Crippen molar-refractivity contribution in [2.75, 3.05) is 14.2 Å². The second-order valence-corrected chi connectivity index (χ2v) is 5.62. The van der Waals surface area contributed by atoms with Gasteiger partial charge in [-0.2, -0.15) is 0 Å². The molecule has 0 saturated heterocycles. The van der Waals surface area contributed by atoms with Crippen molar-refractivity contribution < 1.29 is 4.74 Å². The number of pyridine rings is 1. The van der Waals surface area contributed by atoms with Gasteiger partial charge in [-0.25, -0.2) is 4.98 Å². The van der Waals surface area contributed by atoms with Gasteiger partial charge < -0.3 is 10.1 Å². The number of hydrogen-bond donors (Lipinski definition) is 1. The molecule has 0 aliphatic carbocycles. The second kappa shape index (κ2) is 7.64. The highest BCUT2D eigenvalue weighted by atomic mass is 35.5. The van der Waals surface area contributed by atoms with Gasteiger partial charge in [-0.15, -0.1) is 0 Å². The molecule has 2 rings (SSSR count). The molecular formula is C16H18Cl2N2O. The van der Waals surface area contributed by atoms with Gasteiger partial charge in [0.2, 0.25) is 5.88 Å². The first-order chi connectivity index (χ1) is 10.1. The van der Waals surface area contributed by atoms with Crippen molar-refractivity contribution in [2.24, 2.45) is 0 Å². The monoisotopic (exact) mass is 324 g/mol. The number of nitrogens with one attached hydrogen (secondary N) is 1. The van der Waals surface area contributed by atoms with Crippen LogP contribution in [-0.4, -0.2) is 25.2 Å². The first-order valence-corrected chi connectivity index (χ1v) is 7.48. The molecule has 0 fully saturated rings. The van der Waals surface area contributed by atoms with Crippen LogP contribution in [0.5, 0.6) is 5.88 Å². The Balaban J connectivity index is 2.09. The van der Waals surface area contributed by atoms with E-state index in [0.29, 0.717) is 15.9 Å². The molecule has 1 unspecified atom stereocenters. The van der Waals surface area contributed by atoms with Gasteiger partial charge in [0, 0.05) is 28.4 Å². The fourth-order valence-electron chi connectivity index (χ4n) is 2.19. The van der Waals surface area contributed by atoms with Gasteiger partial charge in [0.15, 0.2) is 0 Å². The van der Waals surface area contributed by atoms with Crippen LogP contribution in [0.25, 0.3) is 0 Å². The fourth-order valence-corrected chi connectivity index (χ4v) is 2.74. The zero-order valence-corrected chi connectivity index (χ0v) is 13.6. The normalized spacial score (nSPS) is 12.2. The number of halogens is 2. The van der Waals surface area contributed by atoms with Crippen LogP contribution >= 0.6 is 23.2 Å². The van der Waals surface area contributed by atoms with Gasteiger partial charge in [-0.3, -0.25) is 0 Å². The summed E-state index contributed by atoms with van der Waals surface area (Å²) in [7, 11) is 3.55. The quantitative estimate of drug-likeness (QED) is 0.878. The van der Waals surface area contributed by atoms with Crippen LogP contribution in [0.2, 0.25) is 10.0 Å². The first-order valence-electron chi connectivity index (χ1n) is 6.73. The maximum atomic E-state index is 6.23. The molecule has 0 saturated carbocycles. The van der Waals surface area contributed by atoms with Crippen LogP contribution in [0.4, 0.5) is 0 Å². The summed E-state index contributed by atoms with van der Waals surface area (Å²) in [6, 6.07) is 9.71. The average Bonchev–Trinajstić information content (AvgIpc) is 2.50. The second-order valence-electron chi connectivity index (χ2n) is 4.80. The van der Waals surface area contributed by atoms with Crippen molar-refractivity contribution in [2.45, 2.75) is 18.9 Å². The van der Waals surface area contributed by atoms with E-state index in [9.17, 15) is 0 Å². The Kier molecular flexibility index (Phi) is 5.85. The summed E-state index contributed by atoms with van der Waals surface area (Å²) in [6.45, 7) is 0. The van der Waals surface area contributed by atoms with Crippen LogP contribution in [0.3, 0.4) is 0 Å². The Bertz CT molecular complexity index is 567. The van der Waals surface area contributed by atoms with Crippen molar-refractivity contribution in [1.82, 2.24) is 10.3 Å². The summed E-state index contributed by atoms with van der Waals surface area (Å²) < 4.78 is 5.07. The minimum absolute atomic E-state index is 0.234. The number of methoxy groups -OCH3 is 1. The maximum Gasteiger partial charge on any atom is 0.212 e. The Hall–Kier alpha value is -1.29. The van der Waals surface area contributed by atoms with Crippen molar-refractivity contribution in [3.8, 4) is 5.88 Å². The van der Waals surface area contributed by atoms with Crippen molar-refractivity contribution in [3.05, 3.63) is 57.7 Å². The lowest BCUT2D eigenvalue weighted by Gasteiger charge is -2.18. The summed E-state index contributed by atoms with van der Waals surface area (Å²) in [5.41, 5.74) is 2.11. The molecule has 0 amide bonds. The Morgan fingerprint density at radius 2 is 1.86 bits per heavy atom. The zero-order chi connectivity index (χ0) is 15.2. The molecule has 5 heteroatoms. The third kappa shape index (κ3) is 4.34. The van der Waals surface area contributed by atoms with Crippen molar-refractivity contribution >= 4 is 23.2 Å². The van der Waals surface area contributed by atoms with Gasteiger partial charge in [0.1, 0.15) is 0 Å². The predicted molar refractivity (Wildman–Crippen MR) is 87.5 cm³/mol. The molecule has 0 aliphatic rings. The lowest BCUT2D eigenvalue weighted by atomic mass is 10.00. The molecule has 0 aliphatic heterocycles. The number of hydrogen-bond acceptors (Lipinski definition) is 3. The topological polar surface area (TPSA) is 34.1 Å². The number of rotatable bonds is 6. The number of aromatic nitrogens is 1. The summed E-state index contributed by atoms with van der Waals surface area (Å²) in [6.07, 6.45) is 3.44. The molecule has 1 atom stereocenters. The Labute approximate surface area is 135 Å². The number of nitrogens with zero attached hydrogens (tertiary/aromatic N) is 1. The van der Waals surface area contributed by atoms with Crippen LogP contribution in [0.15, 0.2) is 36.5 Å². The van der Waals surface area contributed by atoms with Crippen LogP contribution in [0, 0.1) is 0 Å². The Morgan fingerprint density at radius 3 is 2.38 bits per heavy atom. The largest absolute Gasteiger partial charge is 0.481 e. The molecule has 2 aromatic rings. The van der Waals surface area contributed by atoms with E-state index in [2.05, 4.69) is 10.3 Å². The molecule has 21 heavy (non-hydrogen) atoms. The molecule has 1 heterocycles. The average molecular weight is 325 g/mol. The molecule has 0 radical (unpaired) electrons. The minimum atomic E-state index is 0.234. The highest BCUT2D eigenvalue weighted by Gasteiger charge is 2.13. The summed E-state index contributed by atoms with van der Waals surface area (Å²) >= 11 is 12.5. The lowest BCUT2D eigenvalue weighted by molar-refractivity contribution is 0.397. The summed E-state index contributed by atoms with van der Waals surface area (Å²) in [5, 5.41) is 4.71. The summed E-state index contributed by atoms with van der Waals surface area (Å²) in [5.74, 6) is 0.619. The standard InChI is InChI=1S/C16H18Cl2N2O/c1-19-12(8-11-6-7-16(21-2)20-10-11)9-13-14(17)4-3-5-15(13)18/h3-7,10,12,19H,8-9H2,1-2H3. The lowest BCUT2D eigenvalue weighted by Crippen LogP contribution is -2.30. The number of likely N-dealkylation sites (N-methyl/N-ethyl adjacent to an activating group) is 1. The summed E-state index contributed by atoms with van der Waals surface area (Å²) in [4.78, 5) is 4.22. The van der Waals surface area contributed by atoms with E-state index in [4.69, 9.17) is 27.9 Å². The molecule has 1 N–H and O–H groups in total. The van der Waals surface area contributed by atoms with Gasteiger partial charge in [-0.1, -0.05) is 35.3 Å². The zero-order valence-electron chi connectivity index (χ0n) is 12.1. The van der Waals surface area contributed by atoms with E-state index in [1.54, 1.807) is 7.11 Å². The van der Waals surface area contributed by atoms with E-state index >= 15 is 0 Å².